The zero-order chi connectivity index (χ0) is 18.8. The summed E-state index contributed by atoms with van der Waals surface area (Å²) in [5.41, 5.74) is 2.52. The Balaban J connectivity index is 1.63. The van der Waals surface area contributed by atoms with Crippen molar-refractivity contribution in [2.45, 2.75) is 19.4 Å². The molecule has 0 saturated heterocycles. The van der Waals surface area contributed by atoms with Crippen LogP contribution in [-0.2, 0) is 19.4 Å². The largest absolute Gasteiger partial charge is 0.508 e. The van der Waals surface area contributed by atoms with E-state index in [9.17, 15) is 15.3 Å². The third kappa shape index (κ3) is 3.77. The van der Waals surface area contributed by atoms with Gasteiger partial charge < -0.3 is 25.5 Å². The molecule has 0 radical (unpaired) electrons. The molecule has 0 spiro atoms. The zero-order valence-corrected chi connectivity index (χ0v) is 16.1. The second-order valence-corrected chi connectivity index (χ2v) is 7.24. The Labute approximate surface area is 166 Å². The number of hydrogen-bond acceptors (Lipinski definition) is 4. The molecule has 0 unspecified atom stereocenters. The zero-order valence-electron chi connectivity index (χ0n) is 13.8. The van der Waals surface area contributed by atoms with Crippen LogP contribution < -0.4 is 5.32 Å². The molecule has 3 rings (SSSR count). The van der Waals surface area contributed by atoms with Crippen LogP contribution in [0.2, 0.25) is 10.0 Å². The highest BCUT2D eigenvalue weighted by molar-refractivity contribution is 7.80. The summed E-state index contributed by atoms with van der Waals surface area (Å²) in [6.45, 7) is 1.70. The fourth-order valence-electron chi connectivity index (χ4n) is 2.96. The van der Waals surface area contributed by atoms with Gasteiger partial charge in [-0.3, -0.25) is 0 Å². The van der Waals surface area contributed by atoms with Crippen molar-refractivity contribution in [3.05, 3.63) is 51.0 Å². The fraction of sp³-hybridized carbons (Fsp3) is 0.278. The number of nitrogens with zero attached hydrogens (tertiary/aromatic N) is 1. The van der Waals surface area contributed by atoms with E-state index >= 15 is 0 Å². The van der Waals surface area contributed by atoms with Crippen molar-refractivity contribution >= 4 is 40.5 Å². The summed E-state index contributed by atoms with van der Waals surface area (Å²) in [5, 5.41) is 33.1. The Kier molecular flexibility index (Phi) is 5.65. The Morgan fingerprint density at radius 3 is 2.31 bits per heavy atom. The molecule has 4 N–H and O–H groups in total. The molecule has 0 bridgehead atoms. The number of hydrogen-bond donors (Lipinski definition) is 4. The van der Waals surface area contributed by atoms with E-state index in [1.807, 2.05) is 17.0 Å². The number of phenols is 3. The van der Waals surface area contributed by atoms with Crippen molar-refractivity contribution in [2.24, 2.45) is 0 Å². The van der Waals surface area contributed by atoms with Crippen molar-refractivity contribution in [3.8, 4) is 17.2 Å². The van der Waals surface area contributed by atoms with E-state index < -0.39 is 5.75 Å². The number of benzene rings is 2. The molecule has 0 amide bonds. The van der Waals surface area contributed by atoms with Crippen LogP contribution >= 0.6 is 35.4 Å². The second kappa shape index (κ2) is 7.78. The maximum Gasteiger partial charge on any atom is 0.178 e. The number of fused-ring (bicyclic) bond motifs is 1. The number of rotatable bonds is 3. The van der Waals surface area contributed by atoms with Gasteiger partial charge in [0, 0.05) is 19.6 Å². The van der Waals surface area contributed by atoms with Crippen molar-refractivity contribution < 1.29 is 15.3 Å². The molecule has 0 saturated carbocycles. The summed E-state index contributed by atoms with van der Waals surface area (Å²) in [7, 11) is 0. The minimum Gasteiger partial charge on any atom is -0.508 e. The summed E-state index contributed by atoms with van der Waals surface area (Å²) in [6.07, 6.45) is 1.34. The lowest BCUT2D eigenvalue weighted by atomic mass is 9.98. The van der Waals surface area contributed by atoms with Crippen LogP contribution in [0.4, 0.5) is 0 Å². The van der Waals surface area contributed by atoms with E-state index in [0.717, 1.165) is 17.5 Å². The summed E-state index contributed by atoms with van der Waals surface area (Å²) in [4.78, 5) is 1.95. The molecule has 2 aromatic carbocycles. The van der Waals surface area contributed by atoms with Crippen LogP contribution in [-0.4, -0.2) is 38.4 Å². The number of thiocarbonyl (C=S) groups is 1. The van der Waals surface area contributed by atoms with Gasteiger partial charge in [0.15, 0.2) is 16.6 Å². The first-order chi connectivity index (χ1) is 12.4. The van der Waals surface area contributed by atoms with Crippen LogP contribution in [0.5, 0.6) is 17.2 Å². The van der Waals surface area contributed by atoms with Crippen molar-refractivity contribution in [3.63, 3.8) is 0 Å². The molecule has 1 aliphatic rings. The molecule has 138 valence electrons. The predicted octanol–water partition coefficient (Wildman–Crippen LogP) is 3.59. The molecule has 0 aromatic heterocycles. The molecule has 1 heterocycles. The van der Waals surface area contributed by atoms with Gasteiger partial charge >= 0.3 is 0 Å². The van der Waals surface area contributed by atoms with E-state index in [4.69, 9.17) is 35.4 Å². The molecule has 1 aliphatic heterocycles. The van der Waals surface area contributed by atoms with Crippen LogP contribution in [0.25, 0.3) is 0 Å². The maximum atomic E-state index is 9.90. The second-order valence-electron chi connectivity index (χ2n) is 6.10. The summed E-state index contributed by atoms with van der Waals surface area (Å²) < 4.78 is 0. The summed E-state index contributed by atoms with van der Waals surface area (Å²) >= 11 is 17.8. The molecular weight excluding hydrogens is 395 g/mol. The minimum absolute atomic E-state index is 0.110. The van der Waals surface area contributed by atoms with E-state index in [-0.39, 0.29) is 21.5 Å². The number of phenolic OH excluding ortho intramolecular Hbond substituents is 3. The molecule has 0 aliphatic carbocycles. The van der Waals surface area contributed by atoms with Crippen LogP contribution in [0.15, 0.2) is 24.3 Å². The van der Waals surface area contributed by atoms with E-state index in [0.29, 0.717) is 36.7 Å². The summed E-state index contributed by atoms with van der Waals surface area (Å²) in [5.74, 6) is -0.531. The Morgan fingerprint density at radius 1 is 1.04 bits per heavy atom. The third-order valence-electron chi connectivity index (χ3n) is 4.43. The first-order valence-corrected chi connectivity index (χ1v) is 9.26. The van der Waals surface area contributed by atoms with Gasteiger partial charge in [0.05, 0.1) is 10.0 Å². The van der Waals surface area contributed by atoms with Gasteiger partial charge in [-0.1, -0.05) is 35.3 Å². The quantitative estimate of drug-likeness (QED) is 0.455. The maximum absolute atomic E-state index is 9.90. The minimum atomic E-state index is -0.400. The highest BCUT2D eigenvalue weighted by atomic mass is 35.5. The average molecular weight is 413 g/mol. The van der Waals surface area contributed by atoms with Gasteiger partial charge in [0.1, 0.15) is 5.75 Å². The van der Waals surface area contributed by atoms with Crippen molar-refractivity contribution in [1.29, 1.82) is 0 Å². The lowest BCUT2D eigenvalue weighted by Crippen LogP contribution is -2.43. The first-order valence-electron chi connectivity index (χ1n) is 8.09. The van der Waals surface area contributed by atoms with Gasteiger partial charge in [-0.15, -0.1) is 0 Å². The van der Waals surface area contributed by atoms with E-state index in [1.54, 1.807) is 12.1 Å². The highest BCUT2D eigenvalue weighted by Crippen LogP contribution is 2.46. The van der Waals surface area contributed by atoms with Crippen LogP contribution in [0.3, 0.4) is 0 Å². The molecule has 26 heavy (non-hydrogen) atoms. The van der Waals surface area contributed by atoms with Gasteiger partial charge in [-0.05, 0) is 53.9 Å². The van der Waals surface area contributed by atoms with E-state index in [2.05, 4.69) is 5.32 Å². The lowest BCUT2D eigenvalue weighted by molar-refractivity contribution is 0.375. The van der Waals surface area contributed by atoms with Crippen LogP contribution in [0, 0.1) is 0 Å². The Hall–Kier alpha value is -1.89. The predicted molar refractivity (Wildman–Crippen MR) is 106 cm³/mol. The van der Waals surface area contributed by atoms with Gasteiger partial charge in [-0.2, -0.15) is 0 Å². The SMILES string of the molecule is Oc1ccc(CCNC(=S)N2CCc3c(Cl)c(O)c(O)c(Cl)c3C2)cc1. The molecule has 0 fully saturated rings. The molecule has 8 heteroatoms. The Bertz CT molecular complexity index is 844. The van der Waals surface area contributed by atoms with Crippen LogP contribution in [0.1, 0.15) is 16.7 Å². The lowest BCUT2D eigenvalue weighted by Gasteiger charge is -2.32. The molecular formula is C18H18Cl2N2O3S. The van der Waals surface area contributed by atoms with Gasteiger partial charge in [-0.25, -0.2) is 0 Å². The van der Waals surface area contributed by atoms with Gasteiger partial charge in [0.25, 0.3) is 0 Å². The first kappa shape index (κ1) is 18.9. The summed E-state index contributed by atoms with van der Waals surface area (Å²) in [6, 6.07) is 7.05. The number of nitrogens with one attached hydrogen (secondary N) is 1. The normalized spacial score (nSPS) is 13.4. The van der Waals surface area contributed by atoms with Gasteiger partial charge in [0.2, 0.25) is 0 Å². The molecule has 2 aromatic rings. The monoisotopic (exact) mass is 412 g/mol. The molecule has 5 nitrogen and oxygen atoms in total. The van der Waals surface area contributed by atoms with E-state index in [1.165, 1.54) is 0 Å². The average Bonchev–Trinajstić information content (AvgIpc) is 2.65. The van der Waals surface area contributed by atoms with Crippen molar-refractivity contribution in [2.75, 3.05) is 13.1 Å². The number of halogens is 2. The smallest absolute Gasteiger partial charge is 0.178 e. The Morgan fingerprint density at radius 2 is 1.65 bits per heavy atom. The standard InChI is InChI=1S/C18H18Cl2N2O3S/c19-14-12-6-8-22(9-13(12)15(20)17(25)16(14)24)18(26)21-7-5-10-1-3-11(23)4-2-10/h1-4,23-25H,5-9H2,(H,21,26). The topological polar surface area (TPSA) is 76.0 Å². The fourth-order valence-corrected chi connectivity index (χ4v) is 3.78. The highest BCUT2D eigenvalue weighted by Gasteiger charge is 2.27. The van der Waals surface area contributed by atoms with Crippen molar-refractivity contribution in [1.82, 2.24) is 10.2 Å². The molecule has 0 atom stereocenters. The number of aromatic hydroxyl groups is 3. The third-order valence-corrected chi connectivity index (χ3v) is 5.65.